The Morgan fingerprint density at radius 1 is 1.21 bits per heavy atom. The predicted molar refractivity (Wildman–Crippen MR) is 69.9 cm³/mol. The molecule has 0 radical (unpaired) electrons. The zero-order valence-corrected chi connectivity index (χ0v) is 11.0. The molecule has 0 saturated heterocycles. The number of hydrogen-bond acceptors (Lipinski definition) is 3. The number of nitrogen functional groups attached to an aromatic ring is 1. The zero-order chi connectivity index (χ0) is 14.7. The van der Waals surface area contributed by atoms with E-state index in [2.05, 4.69) is 5.32 Å². The zero-order valence-electron chi connectivity index (χ0n) is 11.0. The van der Waals surface area contributed by atoms with Crippen LogP contribution in [0.4, 0.5) is 24.5 Å². The van der Waals surface area contributed by atoms with Gasteiger partial charge in [0.25, 0.3) is 0 Å². The lowest BCUT2D eigenvalue weighted by Gasteiger charge is -2.33. The van der Waals surface area contributed by atoms with Gasteiger partial charge < -0.3 is 16.2 Å². The van der Waals surface area contributed by atoms with Gasteiger partial charge in [-0.15, -0.1) is 0 Å². The number of rotatable bonds is 5. The van der Waals surface area contributed by atoms with Crippen LogP contribution in [0, 0.1) is 0 Å². The number of alkyl halides is 3. The minimum atomic E-state index is -4.49. The highest BCUT2D eigenvalue weighted by atomic mass is 19.4. The number of nitrogens with one attached hydrogen (secondary N) is 1. The Morgan fingerprint density at radius 3 is 2.21 bits per heavy atom. The SMILES string of the molecule is CCC(CC)(CO)Nc1ccc(N)cc1C(F)(F)F. The molecule has 0 atom stereocenters. The second-order valence-corrected chi connectivity index (χ2v) is 4.57. The molecule has 1 rings (SSSR count). The number of hydrogen-bond donors (Lipinski definition) is 3. The van der Waals surface area contributed by atoms with Gasteiger partial charge in [-0.3, -0.25) is 0 Å². The van der Waals surface area contributed by atoms with E-state index in [1.807, 2.05) is 13.8 Å². The maximum absolute atomic E-state index is 13.0. The first-order chi connectivity index (χ1) is 8.78. The van der Waals surface area contributed by atoms with E-state index >= 15 is 0 Å². The van der Waals surface area contributed by atoms with Crippen molar-refractivity contribution in [3.05, 3.63) is 23.8 Å². The molecule has 1 aromatic carbocycles. The Morgan fingerprint density at radius 2 is 1.79 bits per heavy atom. The van der Waals surface area contributed by atoms with E-state index in [9.17, 15) is 18.3 Å². The summed E-state index contributed by atoms with van der Waals surface area (Å²) in [7, 11) is 0. The summed E-state index contributed by atoms with van der Waals surface area (Å²) in [5.41, 5.74) is 3.84. The highest BCUT2D eigenvalue weighted by Gasteiger charge is 2.36. The van der Waals surface area contributed by atoms with Crippen LogP contribution in [0.3, 0.4) is 0 Å². The van der Waals surface area contributed by atoms with Crippen LogP contribution in [-0.4, -0.2) is 17.3 Å². The van der Waals surface area contributed by atoms with E-state index in [1.54, 1.807) is 0 Å². The van der Waals surface area contributed by atoms with Gasteiger partial charge in [0.2, 0.25) is 0 Å². The van der Waals surface area contributed by atoms with Crippen molar-refractivity contribution < 1.29 is 18.3 Å². The molecule has 0 heterocycles. The summed E-state index contributed by atoms with van der Waals surface area (Å²) >= 11 is 0. The average molecular weight is 276 g/mol. The summed E-state index contributed by atoms with van der Waals surface area (Å²) in [4.78, 5) is 0. The van der Waals surface area contributed by atoms with Crippen molar-refractivity contribution in [3.63, 3.8) is 0 Å². The summed E-state index contributed by atoms with van der Waals surface area (Å²) in [5.74, 6) is 0. The molecule has 0 aliphatic rings. The van der Waals surface area contributed by atoms with Crippen molar-refractivity contribution in [2.75, 3.05) is 17.7 Å². The molecule has 0 unspecified atom stereocenters. The lowest BCUT2D eigenvalue weighted by molar-refractivity contribution is -0.137. The molecule has 3 nitrogen and oxygen atoms in total. The maximum atomic E-state index is 13.0. The van der Waals surface area contributed by atoms with Crippen LogP contribution in [-0.2, 0) is 6.18 Å². The van der Waals surface area contributed by atoms with Gasteiger partial charge >= 0.3 is 6.18 Å². The van der Waals surface area contributed by atoms with Crippen LogP contribution in [0.2, 0.25) is 0 Å². The second-order valence-electron chi connectivity index (χ2n) is 4.57. The molecule has 0 aromatic heterocycles. The monoisotopic (exact) mass is 276 g/mol. The molecular weight excluding hydrogens is 257 g/mol. The molecule has 0 aliphatic heterocycles. The number of halogens is 3. The summed E-state index contributed by atoms with van der Waals surface area (Å²) in [6, 6.07) is 3.61. The maximum Gasteiger partial charge on any atom is 0.418 e. The first kappa shape index (κ1) is 15.6. The highest BCUT2D eigenvalue weighted by Crippen LogP contribution is 2.37. The Kier molecular flexibility index (Phi) is 4.68. The molecule has 19 heavy (non-hydrogen) atoms. The first-order valence-electron chi connectivity index (χ1n) is 6.13. The number of aliphatic hydroxyl groups is 1. The number of anilines is 2. The fourth-order valence-electron chi connectivity index (χ4n) is 1.88. The van der Waals surface area contributed by atoms with Crippen molar-refractivity contribution in [1.29, 1.82) is 0 Å². The first-order valence-corrected chi connectivity index (χ1v) is 6.13. The molecule has 108 valence electrons. The molecule has 0 amide bonds. The van der Waals surface area contributed by atoms with Gasteiger partial charge in [0.15, 0.2) is 0 Å². The van der Waals surface area contributed by atoms with Crippen LogP contribution in [0.5, 0.6) is 0 Å². The van der Waals surface area contributed by atoms with Crippen molar-refractivity contribution in [2.45, 2.75) is 38.4 Å². The van der Waals surface area contributed by atoms with Crippen molar-refractivity contribution in [3.8, 4) is 0 Å². The average Bonchev–Trinajstić information content (AvgIpc) is 2.37. The molecule has 0 aliphatic carbocycles. The van der Waals surface area contributed by atoms with Gasteiger partial charge in [-0.25, -0.2) is 0 Å². The van der Waals surface area contributed by atoms with Gasteiger partial charge in [0.05, 0.1) is 17.7 Å². The van der Waals surface area contributed by atoms with Crippen LogP contribution in [0.25, 0.3) is 0 Å². The van der Waals surface area contributed by atoms with E-state index in [0.717, 1.165) is 6.07 Å². The number of aliphatic hydroxyl groups excluding tert-OH is 1. The Labute approximate surface area is 110 Å². The third-order valence-corrected chi connectivity index (χ3v) is 3.41. The number of benzene rings is 1. The van der Waals surface area contributed by atoms with Crippen molar-refractivity contribution >= 4 is 11.4 Å². The summed E-state index contributed by atoms with van der Waals surface area (Å²) < 4.78 is 38.9. The van der Waals surface area contributed by atoms with Gasteiger partial charge in [-0.2, -0.15) is 13.2 Å². The van der Waals surface area contributed by atoms with Crippen LogP contribution < -0.4 is 11.1 Å². The minimum Gasteiger partial charge on any atom is -0.399 e. The summed E-state index contributed by atoms with van der Waals surface area (Å²) in [6.07, 6.45) is -3.45. The van der Waals surface area contributed by atoms with Crippen molar-refractivity contribution in [1.82, 2.24) is 0 Å². The smallest absolute Gasteiger partial charge is 0.399 e. The van der Waals surface area contributed by atoms with E-state index in [-0.39, 0.29) is 18.0 Å². The van der Waals surface area contributed by atoms with Gasteiger partial charge in [0, 0.05) is 11.4 Å². The van der Waals surface area contributed by atoms with E-state index in [4.69, 9.17) is 5.73 Å². The quantitative estimate of drug-likeness (QED) is 0.723. The Bertz CT molecular complexity index is 420. The van der Waals surface area contributed by atoms with E-state index in [0.29, 0.717) is 12.8 Å². The van der Waals surface area contributed by atoms with Gasteiger partial charge in [0.1, 0.15) is 0 Å². The summed E-state index contributed by atoms with van der Waals surface area (Å²) in [5, 5.41) is 12.2. The van der Waals surface area contributed by atoms with Crippen LogP contribution >= 0.6 is 0 Å². The normalized spacial score (nSPS) is 12.5. The van der Waals surface area contributed by atoms with Crippen LogP contribution in [0.1, 0.15) is 32.3 Å². The Hall–Kier alpha value is -1.43. The van der Waals surface area contributed by atoms with E-state index < -0.39 is 17.3 Å². The summed E-state index contributed by atoms with van der Waals surface area (Å²) in [6.45, 7) is 3.40. The molecule has 0 spiro atoms. The van der Waals surface area contributed by atoms with E-state index in [1.165, 1.54) is 12.1 Å². The molecule has 4 N–H and O–H groups in total. The third-order valence-electron chi connectivity index (χ3n) is 3.41. The number of nitrogens with two attached hydrogens (primary N) is 1. The largest absolute Gasteiger partial charge is 0.418 e. The second kappa shape index (κ2) is 5.69. The van der Waals surface area contributed by atoms with Gasteiger partial charge in [-0.05, 0) is 31.0 Å². The Balaban J connectivity index is 3.21. The fourth-order valence-corrected chi connectivity index (χ4v) is 1.88. The molecule has 0 bridgehead atoms. The topological polar surface area (TPSA) is 58.3 Å². The minimum absolute atomic E-state index is 0.0560. The molecule has 1 aromatic rings. The van der Waals surface area contributed by atoms with Crippen LogP contribution in [0.15, 0.2) is 18.2 Å². The molecular formula is C13H19F3N2O. The lowest BCUT2D eigenvalue weighted by Crippen LogP contribution is -2.41. The molecule has 0 saturated carbocycles. The van der Waals surface area contributed by atoms with Gasteiger partial charge in [-0.1, -0.05) is 13.8 Å². The fraction of sp³-hybridized carbons (Fsp3) is 0.538. The lowest BCUT2D eigenvalue weighted by atomic mass is 9.93. The highest BCUT2D eigenvalue weighted by molar-refractivity contribution is 5.60. The standard InChI is InChI=1S/C13H19F3N2O/c1-3-12(4-2,8-19)18-11-6-5-9(17)7-10(11)13(14,15)16/h5-7,18-19H,3-4,8,17H2,1-2H3. The predicted octanol–water partition coefficient (Wildman–Crippen LogP) is 3.25. The van der Waals surface area contributed by atoms with Crippen molar-refractivity contribution in [2.24, 2.45) is 0 Å². The molecule has 6 heteroatoms. The molecule has 0 fully saturated rings. The third kappa shape index (κ3) is 3.53.